The molecule has 20 heavy (non-hydrogen) atoms. The fraction of sp³-hybridized carbons (Fsp3) is 0.538. The van der Waals surface area contributed by atoms with E-state index in [2.05, 4.69) is 5.32 Å². The van der Waals surface area contributed by atoms with Crippen molar-refractivity contribution in [2.75, 3.05) is 18.5 Å². The summed E-state index contributed by atoms with van der Waals surface area (Å²) in [6.07, 6.45) is 1.63. The van der Waals surface area contributed by atoms with Crippen LogP contribution in [0.1, 0.15) is 33.6 Å². The van der Waals surface area contributed by atoms with Crippen molar-refractivity contribution < 1.29 is 19.8 Å². The fourth-order valence-electron chi connectivity index (χ4n) is 2.43. The number of hydrogen-bond acceptors (Lipinski definition) is 4. The van der Waals surface area contributed by atoms with Crippen LogP contribution in [0.2, 0.25) is 0 Å². The molecular formula is C13H18N2O4S. The van der Waals surface area contributed by atoms with Crippen molar-refractivity contribution in [3.8, 4) is 0 Å². The van der Waals surface area contributed by atoms with Crippen LogP contribution in [0.4, 0.5) is 9.80 Å². The lowest BCUT2D eigenvalue weighted by molar-refractivity contribution is 0.0697. The second-order valence-electron chi connectivity index (χ2n) is 4.89. The summed E-state index contributed by atoms with van der Waals surface area (Å²) in [5.74, 6) is -1.04. The Kier molecular flexibility index (Phi) is 4.29. The van der Waals surface area contributed by atoms with Gasteiger partial charge >= 0.3 is 12.0 Å². The number of aliphatic hydroxyl groups is 1. The first-order valence-corrected chi connectivity index (χ1v) is 7.29. The molecule has 1 saturated heterocycles. The van der Waals surface area contributed by atoms with Gasteiger partial charge in [0.05, 0.1) is 18.2 Å². The van der Waals surface area contributed by atoms with Gasteiger partial charge in [-0.3, -0.25) is 5.32 Å². The van der Waals surface area contributed by atoms with Gasteiger partial charge in [0.15, 0.2) is 0 Å². The quantitative estimate of drug-likeness (QED) is 0.796. The number of nitrogens with zero attached hydrogens (tertiary/aromatic N) is 1. The number of aromatic carboxylic acids is 1. The number of hydrogen-bond donors (Lipinski definition) is 3. The minimum atomic E-state index is -1.04. The van der Waals surface area contributed by atoms with Crippen LogP contribution in [0.15, 0.2) is 0 Å². The number of aryl methyl sites for hydroxylation is 1. The third-order valence-electron chi connectivity index (χ3n) is 3.67. The second-order valence-corrected chi connectivity index (χ2v) is 6.12. The van der Waals surface area contributed by atoms with Crippen LogP contribution in [0, 0.1) is 13.8 Å². The van der Waals surface area contributed by atoms with Crippen molar-refractivity contribution in [3.05, 3.63) is 16.0 Å². The van der Waals surface area contributed by atoms with Crippen LogP contribution in [0.5, 0.6) is 0 Å². The zero-order chi connectivity index (χ0) is 14.9. The van der Waals surface area contributed by atoms with Crippen LogP contribution in [-0.2, 0) is 0 Å². The number of aliphatic hydroxyl groups excluding tert-OH is 1. The summed E-state index contributed by atoms with van der Waals surface area (Å²) >= 11 is 1.26. The van der Waals surface area contributed by atoms with Crippen LogP contribution in [0.3, 0.4) is 0 Å². The summed E-state index contributed by atoms with van der Waals surface area (Å²) < 4.78 is 0. The van der Waals surface area contributed by atoms with E-state index in [4.69, 9.17) is 0 Å². The van der Waals surface area contributed by atoms with E-state index in [0.29, 0.717) is 17.1 Å². The van der Waals surface area contributed by atoms with E-state index in [9.17, 15) is 19.8 Å². The van der Waals surface area contributed by atoms with Crippen LogP contribution < -0.4 is 5.32 Å². The molecule has 1 aliphatic rings. The highest BCUT2D eigenvalue weighted by atomic mass is 32.1. The summed E-state index contributed by atoms with van der Waals surface area (Å²) in [6, 6.07) is -0.518. The van der Waals surface area contributed by atoms with Gasteiger partial charge in [0.2, 0.25) is 0 Å². The van der Waals surface area contributed by atoms with E-state index in [1.54, 1.807) is 11.8 Å². The van der Waals surface area contributed by atoms with Gasteiger partial charge in [0.1, 0.15) is 5.00 Å². The molecule has 1 aromatic rings. The Morgan fingerprint density at radius 1 is 1.45 bits per heavy atom. The van der Waals surface area contributed by atoms with Crippen molar-refractivity contribution in [1.82, 2.24) is 4.90 Å². The number of likely N-dealkylation sites (tertiary alicyclic amines) is 1. The van der Waals surface area contributed by atoms with E-state index in [1.165, 1.54) is 11.3 Å². The first-order chi connectivity index (χ1) is 9.45. The molecule has 0 radical (unpaired) electrons. The van der Waals surface area contributed by atoms with Gasteiger partial charge < -0.3 is 15.1 Å². The minimum absolute atomic E-state index is 0.0678. The number of nitrogens with one attached hydrogen (secondary N) is 1. The Hall–Kier alpha value is -1.60. The minimum Gasteiger partial charge on any atom is -0.478 e. The Bertz CT molecular complexity index is 541. The predicted molar refractivity (Wildman–Crippen MR) is 76.6 cm³/mol. The number of urea groups is 1. The number of carbonyl (C=O) groups is 2. The maximum absolute atomic E-state index is 12.2. The largest absolute Gasteiger partial charge is 0.478 e. The maximum Gasteiger partial charge on any atom is 0.338 e. The summed E-state index contributed by atoms with van der Waals surface area (Å²) in [7, 11) is 0. The molecule has 2 amide bonds. The lowest BCUT2D eigenvalue weighted by atomic mass is 10.1. The van der Waals surface area contributed by atoms with Crippen molar-refractivity contribution in [3.63, 3.8) is 0 Å². The van der Waals surface area contributed by atoms with Gasteiger partial charge in [-0.15, -0.1) is 11.3 Å². The molecule has 1 atom stereocenters. The lowest BCUT2D eigenvalue weighted by Crippen LogP contribution is -2.40. The van der Waals surface area contributed by atoms with E-state index >= 15 is 0 Å². The van der Waals surface area contributed by atoms with Gasteiger partial charge in [-0.1, -0.05) is 0 Å². The molecule has 2 heterocycles. The molecule has 7 heteroatoms. The summed E-state index contributed by atoms with van der Waals surface area (Å²) in [4.78, 5) is 25.9. The average molecular weight is 298 g/mol. The number of anilines is 1. The molecule has 0 aliphatic carbocycles. The fourth-order valence-corrected chi connectivity index (χ4v) is 3.48. The maximum atomic E-state index is 12.2. The highest BCUT2D eigenvalue weighted by Crippen LogP contribution is 2.33. The Morgan fingerprint density at radius 3 is 2.75 bits per heavy atom. The first kappa shape index (κ1) is 14.8. The number of carboxylic acid groups (broad SMARTS) is 1. The number of carbonyl (C=O) groups excluding carboxylic acids is 1. The Labute approximate surface area is 121 Å². The number of rotatable bonds is 3. The van der Waals surface area contributed by atoms with Gasteiger partial charge in [-0.25, -0.2) is 9.59 Å². The lowest BCUT2D eigenvalue weighted by Gasteiger charge is -2.23. The van der Waals surface area contributed by atoms with Gasteiger partial charge in [0, 0.05) is 11.4 Å². The predicted octanol–water partition coefficient (Wildman–Crippen LogP) is 2.05. The van der Waals surface area contributed by atoms with Crippen LogP contribution in [0.25, 0.3) is 0 Å². The highest BCUT2D eigenvalue weighted by Gasteiger charge is 2.29. The summed E-state index contributed by atoms with van der Waals surface area (Å²) in [5, 5.41) is 21.5. The van der Waals surface area contributed by atoms with Gasteiger partial charge in [0.25, 0.3) is 0 Å². The third-order valence-corrected chi connectivity index (χ3v) is 4.79. The zero-order valence-electron chi connectivity index (χ0n) is 11.5. The van der Waals surface area contributed by atoms with Crippen molar-refractivity contribution in [2.24, 2.45) is 0 Å². The van der Waals surface area contributed by atoms with Crippen molar-refractivity contribution >= 4 is 28.3 Å². The molecule has 1 fully saturated rings. The smallest absolute Gasteiger partial charge is 0.338 e. The molecule has 0 aromatic carbocycles. The van der Waals surface area contributed by atoms with Gasteiger partial charge in [-0.2, -0.15) is 0 Å². The molecule has 0 unspecified atom stereocenters. The Balaban J connectivity index is 2.20. The molecule has 0 bridgehead atoms. The summed E-state index contributed by atoms with van der Waals surface area (Å²) in [6.45, 7) is 4.08. The zero-order valence-corrected chi connectivity index (χ0v) is 12.3. The topological polar surface area (TPSA) is 89.9 Å². The molecule has 6 nitrogen and oxygen atoms in total. The molecule has 0 saturated carbocycles. The van der Waals surface area contributed by atoms with Crippen LogP contribution in [-0.4, -0.2) is 46.3 Å². The molecule has 2 rings (SSSR count). The number of carboxylic acids is 1. The second kappa shape index (κ2) is 5.80. The summed E-state index contributed by atoms with van der Waals surface area (Å²) in [5.41, 5.74) is 0.832. The average Bonchev–Trinajstić information content (AvgIpc) is 2.95. The SMILES string of the molecule is Cc1sc(NC(=O)N2CCC[C@H]2CO)c(C(=O)O)c1C. The number of amides is 2. The molecule has 110 valence electrons. The standard InChI is InChI=1S/C13H18N2O4S/c1-7-8(2)20-11(10(7)12(17)18)14-13(19)15-5-3-4-9(15)6-16/h9,16H,3-6H2,1-2H3,(H,14,19)(H,17,18)/t9-/m0/s1. The first-order valence-electron chi connectivity index (χ1n) is 6.47. The van der Waals surface area contributed by atoms with Crippen molar-refractivity contribution in [2.45, 2.75) is 32.7 Å². The monoisotopic (exact) mass is 298 g/mol. The molecule has 1 aliphatic heterocycles. The number of thiophene rings is 1. The van der Waals surface area contributed by atoms with E-state index in [1.807, 2.05) is 6.92 Å². The molecular weight excluding hydrogens is 280 g/mol. The van der Waals surface area contributed by atoms with E-state index in [0.717, 1.165) is 17.7 Å². The van der Waals surface area contributed by atoms with E-state index < -0.39 is 5.97 Å². The Morgan fingerprint density at radius 2 is 2.15 bits per heavy atom. The van der Waals surface area contributed by atoms with Crippen molar-refractivity contribution in [1.29, 1.82) is 0 Å². The molecule has 1 aromatic heterocycles. The van der Waals surface area contributed by atoms with E-state index in [-0.39, 0.29) is 24.2 Å². The third kappa shape index (κ3) is 2.64. The van der Waals surface area contributed by atoms with Crippen LogP contribution >= 0.6 is 11.3 Å². The molecule has 0 spiro atoms. The molecule has 3 N–H and O–H groups in total. The normalized spacial score (nSPS) is 18.4. The van der Waals surface area contributed by atoms with Gasteiger partial charge in [-0.05, 0) is 32.3 Å². The highest BCUT2D eigenvalue weighted by molar-refractivity contribution is 7.16.